The monoisotopic (exact) mass is 464 g/mol. The number of carbonyl (C=O) groups excluding carboxylic acids is 3. The summed E-state index contributed by atoms with van der Waals surface area (Å²) in [5.74, 6) is -0.769. The van der Waals surface area contributed by atoms with Crippen molar-refractivity contribution in [3.63, 3.8) is 0 Å². The number of aldehydes is 1. The number of ether oxygens (including phenoxy) is 2. The smallest absolute Gasteiger partial charge is 0.300 e. The summed E-state index contributed by atoms with van der Waals surface area (Å²) in [6, 6.07) is 3.73. The van der Waals surface area contributed by atoms with Gasteiger partial charge in [-0.15, -0.1) is 22.7 Å². The van der Waals surface area contributed by atoms with Crippen LogP contribution in [0.4, 0.5) is 0 Å². The molecule has 0 spiro atoms. The van der Waals surface area contributed by atoms with Gasteiger partial charge in [0.25, 0.3) is 5.97 Å². The summed E-state index contributed by atoms with van der Waals surface area (Å²) in [5.41, 5.74) is 1.68. The fourth-order valence-corrected chi connectivity index (χ4v) is 3.60. The Hall–Kier alpha value is -2.72. The van der Waals surface area contributed by atoms with Crippen LogP contribution in [-0.4, -0.2) is 42.1 Å². The largest absolute Gasteiger partial charge is 0.481 e. The minimum atomic E-state index is -0.833. The first kappa shape index (κ1) is 26.3. The third-order valence-electron chi connectivity index (χ3n) is 3.27. The van der Waals surface area contributed by atoms with E-state index in [9.17, 15) is 14.4 Å². The van der Waals surface area contributed by atoms with Crippen molar-refractivity contribution in [2.24, 2.45) is 0 Å². The zero-order chi connectivity index (χ0) is 23.2. The van der Waals surface area contributed by atoms with E-state index in [0.717, 1.165) is 28.5 Å². The Morgan fingerprint density at radius 1 is 0.935 bits per heavy atom. The number of hydrogen-bond acceptors (Lipinski definition) is 8. The molecule has 3 heterocycles. The fourth-order valence-electron chi connectivity index (χ4n) is 2.05. The molecule has 1 fully saturated rings. The van der Waals surface area contributed by atoms with Crippen LogP contribution < -0.4 is 0 Å². The number of hydrogen-bond donors (Lipinski definition) is 1. The van der Waals surface area contributed by atoms with E-state index in [-0.39, 0.29) is 17.9 Å². The molecule has 0 aliphatic carbocycles. The Morgan fingerprint density at radius 3 is 1.87 bits per heavy atom. The summed E-state index contributed by atoms with van der Waals surface area (Å²) in [4.78, 5) is 42.5. The molecule has 0 radical (unpaired) electrons. The van der Waals surface area contributed by atoms with Crippen LogP contribution >= 0.6 is 22.7 Å². The highest BCUT2D eigenvalue weighted by Crippen LogP contribution is 2.28. The summed E-state index contributed by atoms with van der Waals surface area (Å²) in [6.45, 7) is 5.41. The molecule has 0 amide bonds. The molecular weight excluding hydrogens is 440 g/mol. The number of rotatable bonds is 6. The third-order valence-corrected chi connectivity index (χ3v) is 5.11. The molecule has 3 rings (SSSR count). The molecule has 7 nitrogen and oxygen atoms in total. The highest BCUT2D eigenvalue weighted by molar-refractivity contribution is 7.11. The van der Waals surface area contributed by atoms with Crippen LogP contribution in [0, 0.1) is 0 Å². The quantitative estimate of drug-likeness (QED) is 0.490. The Balaban J connectivity index is 0.000000270. The number of allylic oxidation sites excluding steroid dienone is 2. The standard InChI is InChI=1S/C11H12O3S.C9H8O2S.C2H4O2/c1-8(12)2-3-10-6-9(7-15-10)11-13-4-5-14-11;1-7(11)2-3-9-4-8(5-10)6-12-9;1-2(3)4/h2-3,6-7,11H,4-5H2,1H3;2-6H,1H3;1H3,(H,3,4)/b2*3-2+;. The van der Waals surface area contributed by atoms with Gasteiger partial charge < -0.3 is 14.6 Å². The lowest BCUT2D eigenvalue weighted by Crippen LogP contribution is -1.94. The Bertz CT molecular complexity index is 927. The van der Waals surface area contributed by atoms with E-state index in [4.69, 9.17) is 19.4 Å². The summed E-state index contributed by atoms with van der Waals surface area (Å²) in [5, 5.41) is 11.2. The van der Waals surface area contributed by atoms with Crippen LogP contribution in [0.1, 0.15) is 52.7 Å². The van der Waals surface area contributed by atoms with Gasteiger partial charge >= 0.3 is 0 Å². The van der Waals surface area contributed by atoms with Gasteiger partial charge in [0.1, 0.15) is 0 Å². The molecule has 1 aliphatic heterocycles. The first-order valence-electron chi connectivity index (χ1n) is 9.13. The molecular formula is C22H24O7S2. The average molecular weight is 465 g/mol. The van der Waals surface area contributed by atoms with Crippen molar-refractivity contribution in [1.82, 2.24) is 0 Å². The minimum absolute atomic E-state index is 0.0102. The predicted molar refractivity (Wildman–Crippen MR) is 121 cm³/mol. The highest BCUT2D eigenvalue weighted by Gasteiger charge is 2.18. The summed E-state index contributed by atoms with van der Waals surface area (Å²) >= 11 is 3.03. The molecule has 31 heavy (non-hydrogen) atoms. The zero-order valence-corrected chi connectivity index (χ0v) is 19.0. The molecule has 1 saturated heterocycles. The number of thiophene rings is 2. The molecule has 166 valence electrons. The van der Waals surface area contributed by atoms with Crippen molar-refractivity contribution in [1.29, 1.82) is 0 Å². The van der Waals surface area contributed by atoms with E-state index in [1.54, 1.807) is 34.9 Å². The molecule has 0 saturated carbocycles. The maximum atomic E-state index is 10.7. The third kappa shape index (κ3) is 11.9. The van der Waals surface area contributed by atoms with Crippen LogP contribution in [0.15, 0.2) is 35.0 Å². The summed E-state index contributed by atoms with van der Waals surface area (Å²) < 4.78 is 10.7. The fraction of sp³-hybridized carbons (Fsp3) is 0.273. The second-order valence-corrected chi connectivity index (χ2v) is 8.05. The van der Waals surface area contributed by atoms with E-state index >= 15 is 0 Å². The molecule has 2 aromatic heterocycles. The first-order chi connectivity index (χ1) is 14.7. The van der Waals surface area contributed by atoms with Gasteiger partial charge in [0, 0.05) is 33.2 Å². The molecule has 0 unspecified atom stereocenters. The first-order valence-corrected chi connectivity index (χ1v) is 10.9. The average Bonchev–Trinajstić information content (AvgIpc) is 3.46. The second-order valence-electron chi connectivity index (χ2n) is 6.16. The lowest BCUT2D eigenvalue weighted by Gasteiger charge is -2.04. The van der Waals surface area contributed by atoms with E-state index in [2.05, 4.69) is 0 Å². The normalized spacial score (nSPS) is 13.4. The summed E-state index contributed by atoms with van der Waals surface area (Å²) in [6.07, 6.45) is 7.14. The number of carbonyl (C=O) groups is 4. The van der Waals surface area contributed by atoms with Gasteiger partial charge in [-0.2, -0.15) is 0 Å². The van der Waals surface area contributed by atoms with Crippen LogP contribution in [0.3, 0.4) is 0 Å². The van der Waals surface area contributed by atoms with Gasteiger partial charge in [-0.3, -0.25) is 19.2 Å². The van der Waals surface area contributed by atoms with Gasteiger partial charge in [-0.05, 0) is 55.7 Å². The molecule has 0 bridgehead atoms. The number of aliphatic carboxylic acids is 1. The van der Waals surface area contributed by atoms with Crippen molar-refractivity contribution in [2.75, 3.05) is 13.2 Å². The molecule has 1 aliphatic rings. The molecule has 1 N–H and O–H groups in total. The Kier molecular flexibility index (Phi) is 12.2. The summed E-state index contributed by atoms with van der Waals surface area (Å²) in [7, 11) is 0. The highest BCUT2D eigenvalue weighted by atomic mass is 32.1. The second kappa shape index (κ2) is 14.3. The van der Waals surface area contributed by atoms with Gasteiger partial charge in [0.2, 0.25) is 0 Å². The van der Waals surface area contributed by atoms with Crippen molar-refractivity contribution in [2.45, 2.75) is 27.1 Å². The maximum absolute atomic E-state index is 10.7. The molecule has 0 aromatic carbocycles. The van der Waals surface area contributed by atoms with Gasteiger partial charge in [-0.25, -0.2) is 0 Å². The minimum Gasteiger partial charge on any atom is -0.481 e. The molecule has 2 aromatic rings. The Labute approximate surface area is 188 Å². The lowest BCUT2D eigenvalue weighted by molar-refractivity contribution is -0.134. The van der Waals surface area contributed by atoms with Crippen molar-refractivity contribution >= 4 is 58.6 Å². The number of carboxylic acids is 1. The number of ketones is 2. The predicted octanol–water partition coefficient (Wildman–Crippen LogP) is 4.65. The van der Waals surface area contributed by atoms with Crippen LogP contribution in [0.5, 0.6) is 0 Å². The van der Waals surface area contributed by atoms with Gasteiger partial charge in [-0.1, -0.05) is 0 Å². The topological polar surface area (TPSA) is 107 Å². The molecule has 0 atom stereocenters. The SMILES string of the molecule is CC(=O)/C=C/c1cc(C2OCCO2)cs1.CC(=O)/C=C/c1cc(C=O)cs1.CC(=O)O. The van der Waals surface area contributed by atoms with E-state index in [1.807, 2.05) is 17.5 Å². The van der Waals surface area contributed by atoms with Crippen molar-refractivity contribution < 1.29 is 33.8 Å². The van der Waals surface area contributed by atoms with Crippen LogP contribution in [0.25, 0.3) is 12.2 Å². The van der Waals surface area contributed by atoms with Crippen LogP contribution in [-0.2, 0) is 23.9 Å². The van der Waals surface area contributed by atoms with Gasteiger partial charge in [0.15, 0.2) is 24.1 Å². The van der Waals surface area contributed by atoms with Gasteiger partial charge in [0.05, 0.1) is 13.2 Å². The van der Waals surface area contributed by atoms with E-state index < -0.39 is 5.97 Å². The van der Waals surface area contributed by atoms with E-state index in [0.29, 0.717) is 18.8 Å². The zero-order valence-electron chi connectivity index (χ0n) is 17.4. The lowest BCUT2D eigenvalue weighted by atomic mass is 10.3. The number of carboxylic acid groups (broad SMARTS) is 1. The van der Waals surface area contributed by atoms with E-state index in [1.165, 1.54) is 31.3 Å². The Morgan fingerprint density at radius 2 is 1.42 bits per heavy atom. The van der Waals surface area contributed by atoms with Crippen molar-refractivity contribution in [3.05, 3.63) is 55.9 Å². The molecule has 9 heteroatoms. The van der Waals surface area contributed by atoms with Crippen molar-refractivity contribution in [3.8, 4) is 0 Å². The van der Waals surface area contributed by atoms with Crippen LogP contribution in [0.2, 0.25) is 0 Å². The maximum Gasteiger partial charge on any atom is 0.300 e.